The van der Waals surface area contributed by atoms with Gasteiger partial charge in [-0.25, -0.2) is 4.68 Å². The monoisotopic (exact) mass is 363 g/mol. The van der Waals surface area contributed by atoms with Crippen molar-refractivity contribution in [3.8, 4) is 5.75 Å². The van der Waals surface area contributed by atoms with E-state index in [0.717, 1.165) is 32.4 Å². The van der Waals surface area contributed by atoms with Crippen LogP contribution in [0, 0.1) is 0 Å². The lowest BCUT2D eigenvalue weighted by Crippen LogP contribution is -2.29. The Morgan fingerprint density at radius 1 is 1.44 bits per heavy atom. The number of halogens is 1. The molecule has 0 radical (unpaired) electrons. The molecule has 1 aliphatic rings. The molecule has 0 aliphatic carbocycles. The van der Waals surface area contributed by atoms with Crippen molar-refractivity contribution in [1.82, 2.24) is 20.3 Å². The molecule has 2 N–H and O–H groups in total. The highest BCUT2D eigenvalue weighted by Gasteiger charge is 2.19. The van der Waals surface area contributed by atoms with Gasteiger partial charge in [0.2, 0.25) is 0 Å². The van der Waals surface area contributed by atoms with Gasteiger partial charge in [0, 0.05) is 5.02 Å². The normalized spacial score (nSPS) is 15.1. The van der Waals surface area contributed by atoms with Crippen molar-refractivity contribution in [2.24, 2.45) is 0 Å². The molecular weight excluding hydrogens is 342 g/mol. The van der Waals surface area contributed by atoms with Gasteiger partial charge in [-0.2, -0.15) is 0 Å². The Morgan fingerprint density at radius 2 is 2.24 bits per heavy atom. The van der Waals surface area contributed by atoms with Crippen LogP contribution in [0.5, 0.6) is 5.75 Å². The van der Waals surface area contributed by atoms with E-state index in [0.29, 0.717) is 23.1 Å². The molecule has 0 unspecified atom stereocenters. The Bertz CT molecular complexity index is 728. The van der Waals surface area contributed by atoms with E-state index in [9.17, 15) is 4.79 Å². The highest BCUT2D eigenvalue weighted by atomic mass is 35.5. The van der Waals surface area contributed by atoms with Gasteiger partial charge >= 0.3 is 0 Å². The fourth-order valence-corrected chi connectivity index (χ4v) is 2.93. The number of nitrogens with zero attached hydrogens (tertiary/aromatic N) is 3. The quantitative estimate of drug-likeness (QED) is 0.824. The summed E-state index contributed by atoms with van der Waals surface area (Å²) in [5, 5.41) is 14.8. The standard InChI is InChI=1S/C17H22ClN5O2/c1-2-9-25-16-4-3-12(18)10-14(16)20-17(24)15-11-23(22-21-15)13-5-7-19-8-6-13/h3-4,10-11,13,19H,2,5-9H2,1H3,(H,20,24). The van der Waals surface area contributed by atoms with Crippen LogP contribution in [0.2, 0.25) is 5.02 Å². The number of piperidine rings is 1. The molecule has 1 amide bonds. The molecule has 0 atom stereocenters. The minimum atomic E-state index is -0.330. The lowest BCUT2D eigenvalue weighted by molar-refractivity contribution is 0.102. The van der Waals surface area contributed by atoms with Crippen LogP contribution in [0.25, 0.3) is 0 Å². The molecule has 1 aromatic heterocycles. The van der Waals surface area contributed by atoms with Crippen LogP contribution in [0.15, 0.2) is 24.4 Å². The van der Waals surface area contributed by atoms with Gasteiger partial charge in [0.25, 0.3) is 5.91 Å². The fourth-order valence-electron chi connectivity index (χ4n) is 2.75. The van der Waals surface area contributed by atoms with Crippen molar-refractivity contribution in [3.05, 3.63) is 35.1 Å². The van der Waals surface area contributed by atoms with E-state index in [1.54, 1.807) is 29.1 Å². The largest absolute Gasteiger partial charge is 0.491 e. The van der Waals surface area contributed by atoms with Gasteiger partial charge in [-0.15, -0.1) is 5.10 Å². The lowest BCUT2D eigenvalue weighted by atomic mass is 10.1. The fraction of sp³-hybridized carbons (Fsp3) is 0.471. The van der Waals surface area contributed by atoms with Crippen LogP contribution < -0.4 is 15.4 Å². The zero-order chi connectivity index (χ0) is 17.6. The third-order valence-electron chi connectivity index (χ3n) is 4.08. The van der Waals surface area contributed by atoms with Crippen LogP contribution in [0.3, 0.4) is 0 Å². The van der Waals surface area contributed by atoms with Crippen molar-refractivity contribution in [2.45, 2.75) is 32.2 Å². The first-order valence-corrected chi connectivity index (χ1v) is 8.91. The molecule has 134 valence electrons. The van der Waals surface area contributed by atoms with Gasteiger partial charge in [0.1, 0.15) is 5.75 Å². The lowest BCUT2D eigenvalue weighted by Gasteiger charge is -2.22. The van der Waals surface area contributed by atoms with Crippen LogP contribution >= 0.6 is 11.6 Å². The number of benzene rings is 1. The number of aromatic nitrogens is 3. The molecule has 1 aliphatic heterocycles. The van der Waals surface area contributed by atoms with E-state index in [1.807, 2.05) is 6.92 Å². The third kappa shape index (κ3) is 4.49. The number of carbonyl (C=O) groups excluding carboxylic acids is 1. The number of hydrogen-bond acceptors (Lipinski definition) is 5. The number of carbonyl (C=O) groups is 1. The van der Waals surface area contributed by atoms with Crippen LogP contribution in [-0.2, 0) is 0 Å². The van der Waals surface area contributed by atoms with Crippen molar-refractivity contribution >= 4 is 23.2 Å². The van der Waals surface area contributed by atoms with Crippen LogP contribution in [0.4, 0.5) is 5.69 Å². The molecule has 3 rings (SSSR count). The van der Waals surface area contributed by atoms with E-state index in [-0.39, 0.29) is 17.6 Å². The maximum atomic E-state index is 12.5. The predicted molar refractivity (Wildman–Crippen MR) is 96.4 cm³/mol. The number of ether oxygens (including phenoxy) is 1. The maximum Gasteiger partial charge on any atom is 0.277 e. The van der Waals surface area contributed by atoms with Gasteiger partial charge in [-0.05, 0) is 50.6 Å². The van der Waals surface area contributed by atoms with E-state index in [2.05, 4.69) is 20.9 Å². The first kappa shape index (κ1) is 17.7. The second-order valence-electron chi connectivity index (χ2n) is 6.01. The SMILES string of the molecule is CCCOc1ccc(Cl)cc1NC(=O)c1cn(C2CCNCC2)nn1. The van der Waals surface area contributed by atoms with Gasteiger partial charge in [0.05, 0.1) is 24.5 Å². The van der Waals surface area contributed by atoms with Gasteiger partial charge < -0.3 is 15.4 Å². The molecular formula is C17H22ClN5O2. The second kappa shape index (κ2) is 8.31. The Hall–Kier alpha value is -2.12. The molecule has 25 heavy (non-hydrogen) atoms. The number of rotatable bonds is 6. The van der Waals surface area contributed by atoms with Crippen LogP contribution in [-0.4, -0.2) is 40.6 Å². The summed E-state index contributed by atoms with van der Waals surface area (Å²) in [6.45, 7) is 4.49. The van der Waals surface area contributed by atoms with Crippen LogP contribution in [0.1, 0.15) is 42.7 Å². The average molecular weight is 364 g/mol. The molecule has 1 saturated heterocycles. The summed E-state index contributed by atoms with van der Waals surface area (Å²) in [6.07, 6.45) is 4.53. The van der Waals surface area contributed by atoms with Crippen molar-refractivity contribution in [3.63, 3.8) is 0 Å². The summed E-state index contributed by atoms with van der Waals surface area (Å²) in [4.78, 5) is 12.5. The predicted octanol–water partition coefficient (Wildman–Crippen LogP) is 2.90. The molecule has 0 spiro atoms. The zero-order valence-corrected chi connectivity index (χ0v) is 14.9. The van der Waals surface area contributed by atoms with Crippen molar-refractivity contribution in [2.75, 3.05) is 25.0 Å². The number of anilines is 1. The first-order valence-electron chi connectivity index (χ1n) is 8.53. The Balaban J connectivity index is 1.72. The highest BCUT2D eigenvalue weighted by molar-refractivity contribution is 6.31. The summed E-state index contributed by atoms with van der Waals surface area (Å²) in [5.74, 6) is 0.258. The van der Waals surface area contributed by atoms with Gasteiger partial charge in [-0.3, -0.25) is 4.79 Å². The summed E-state index contributed by atoms with van der Waals surface area (Å²) < 4.78 is 7.44. The summed E-state index contributed by atoms with van der Waals surface area (Å²) in [7, 11) is 0. The topological polar surface area (TPSA) is 81.1 Å². The summed E-state index contributed by atoms with van der Waals surface area (Å²) in [6, 6.07) is 5.43. The molecule has 1 aromatic carbocycles. The number of nitrogens with one attached hydrogen (secondary N) is 2. The van der Waals surface area contributed by atoms with E-state index in [4.69, 9.17) is 16.3 Å². The van der Waals surface area contributed by atoms with Gasteiger partial charge in [0.15, 0.2) is 5.69 Å². The molecule has 7 nitrogen and oxygen atoms in total. The Kier molecular flexibility index (Phi) is 5.88. The van der Waals surface area contributed by atoms with E-state index >= 15 is 0 Å². The third-order valence-corrected chi connectivity index (χ3v) is 4.31. The smallest absolute Gasteiger partial charge is 0.277 e. The molecule has 0 bridgehead atoms. The Morgan fingerprint density at radius 3 is 3.00 bits per heavy atom. The molecule has 8 heteroatoms. The second-order valence-corrected chi connectivity index (χ2v) is 6.44. The Labute approximate surface area is 151 Å². The highest BCUT2D eigenvalue weighted by Crippen LogP contribution is 2.28. The zero-order valence-electron chi connectivity index (χ0n) is 14.2. The summed E-state index contributed by atoms with van der Waals surface area (Å²) in [5.41, 5.74) is 0.808. The van der Waals surface area contributed by atoms with E-state index in [1.165, 1.54) is 0 Å². The summed E-state index contributed by atoms with van der Waals surface area (Å²) >= 11 is 6.04. The van der Waals surface area contributed by atoms with Crippen molar-refractivity contribution in [1.29, 1.82) is 0 Å². The maximum absolute atomic E-state index is 12.5. The minimum absolute atomic E-state index is 0.278. The average Bonchev–Trinajstić information content (AvgIpc) is 3.12. The number of hydrogen-bond donors (Lipinski definition) is 2. The first-order chi connectivity index (χ1) is 12.2. The van der Waals surface area contributed by atoms with Crippen molar-refractivity contribution < 1.29 is 9.53 Å². The molecule has 0 saturated carbocycles. The molecule has 1 fully saturated rings. The van der Waals surface area contributed by atoms with E-state index < -0.39 is 0 Å². The van der Waals surface area contributed by atoms with Gasteiger partial charge in [-0.1, -0.05) is 23.7 Å². The minimum Gasteiger partial charge on any atom is -0.491 e. The molecule has 2 heterocycles. The molecule has 2 aromatic rings. The number of amides is 1.